The first-order valence-corrected chi connectivity index (χ1v) is 18.5. The Bertz CT molecular complexity index is 1070. The van der Waals surface area contributed by atoms with Crippen molar-refractivity contribution in [2.45, 2.75) is 173 Å². The van der Waals surface area contributed by atoms with E-state index in [-0.39, 0.29) is 31.1 Å². The third-order valence-corrected chi connectivity index (χ3v) is 8.69. The molecule has 0 unspecified atom stereocenters. The van der Waals surface area contributed by atoms with Crippen LogP contribution in [0.2, 0.25) is 0 Å². The molecule has 2 fully saturated rings. The molecule has 0 amide bonds. The molecule has 0 spiro atoms. The van der Waals surface area contributed by atoms with Crippen LogP contribution < -0.4 is 0 Å². The molecule has 0 aromatic rings. The SMILES string of the molecule is CCCCCCCCCCCC(=O)O[C@@H]1[C@@H](OC(C)=O)[C@@H](O[C@]2(CO)O[C@H](CO)[C@@H](O)[C@@H]2OC(=O)CC(C)C)O[C@H](CO)[C@H]1OC(=O)CC(C)C. The summed E-state index contributed by atoms with van der Waals surface area (Å²) in [5.41, 5.74) is 0. The first-order chi connectivity index (χ1) is 24.2. The first kappa shape index (κ1) is 44.8. The van der Waals surface area contributed by atoms with Crippen LogP contribution in [-0.2, 0) is 52.3 Å². The van der Waals surface area contributed by atoms with E-state index in [1.165, 1.54) is 25.7 Å². The van der Waals surface area contributed by atoms with Gasteiger partial charge in [0, 0.05) is 26.2 Å². The van der Waals surface area contributed by atoms with Gasteiger partial charge in [0.05, 0.1) is 13.2 Å². The van der Waals surface area contributed by atoms with Crippen LogP contribution >= 0.6 is 0 Å². The fraction of sp³-hybridized carbons (Fsp3) is 0.889. The average molecular weight is 735 g/mol. The number of unbranched alkanes of at least 4 members (excludes halogenated alkanes) is 8. The van der Waals surface area contributed by atoms with Gasteiger partial charge < -0.3 is 53.6 Å². The van der Waals surface area contributed by atoms with Crippen LogP contribution in [0.5, 0.6) is 0 Å². The quantitative estimate of drug-likeness (QED) is 0.0675. The van der Waals surface area contributed by atoms with E-state index < -0.39 is 98.5 Å². The molecule has 2 rings (SSSR count). The highest BCUT2D eigenvalue weighted by atomic mass is 16.8. The Hall–Kier alpha value is -2.40. The molecule has 0 saturated carbocycles. The summed E-state index contributed by atoms with van der Waals surface area (Å²) in [5.74, 6) is -5.61. The lowest BCUT2D eigenvalue weighted by Crippen LogP contribution is -2.65. The van der Waals surface area contributed by atoms with E-state index in [9.17, 15) is 39.6 Å². The van der Waals surface area contributed by atoms with Crippen molar-refractivity contribution in [2.24, 2.45) is 11.8 Å². The predicted octanol–water partition coefficient (Wildman–Crippen LogP) is 2.84. The second-order valence-corrected chi connectivity index (χ2v) is 14.3. The van der Waals surface area contributed by atoms with E-state index in [4.69, 9.17) is 33.2 Å². The standard InChI is InChI=1S/C36H62O15/c1-7-8-9-10-11-12-13-14-15-16-27(41)47-32-31(48-28(42)17-22(2)3)26(20-38)46-35(33(32)45-24(6)40)51-36(21-39)34(30(44)25(19-37)50-36)49-29(43)18-23(4)5/h22-23,25-26,30-35,37-39,44H,7-21H2,1-6H3/t25-,26-,30-,31-,32+,33-,34+,35-,36+/m1/s1. The monoisotopic (exact) mass is 734 g/mol. The van der Waals surface area contributed by atoms with Crippen molar-refractivity contribution in [2.75, 3.05) is 19.8 Å². The molecule has 0 aromatic carbocycles. The largest absolute Gasteiger partial charge is 0.455 e. The Kier molecular flexibility index (Phi) is 19.9. The topological polar surface area (TPSA) is 214 Å². The zero-order valence-corrected chi connectivity index (χ0v) is 31.2. The molecule has 0 aromatic heterocycles. The van der Waals surface area contributed by atoms with Crippen molar-refractivity contribution < 1.29 is 72.8 Å². The second kappa shape index (κ2) is 22.6. The minimum Gasteiger partial charge on any atom is -0.455 e. The summed E-state index contributed by atoms with van der Waals surface area (Å²) in [6.45, 7) is 7.79. The van der Waals surface area contributed by atoms with Crippen molar-refractivity contribution in [3.63, 3.8) is 0 Å². The van der Waals surface area contributed by atoms with Gasteiger partial charge in [0.15, 0.2) is 24.4 Å². The fourth-order valence-corrected chi connectivity index (χ4v) is 6.17. The van der Waals surface area contributed by atoms with Gasteiger partial charge in [0.25, 0.3) is 0 Å². The fourth-order valence-electron chi connectivity index (χ4n) is 6.17. The minimum atomic E-state index is -2.38. The number of aliphatic hydroxyl groups is 4. The Labute approximate surface area is 301 Å². The van der Waals surface area contributed by atoms with Crippen LogP contribution in [0.25, 0.3) is 0 Å². The van der Waals surface area contributed by atoms with Crippen LogP contribution in [0.1, 0.15) is 119 Å². The van der Waals surface area contributed by atoms with E-state index >= 15 is 0 Å². The molecule has 15 heteroatoms. The number of rotatable bonds is 23. The van der Waals surface area contributed by atoms with Gasteiger partial charge >= 0.3 is 23.9 Å². The maximum Gasteiger partial charge on any atom is 0.306 e. The van der Waals surface area contributed by atoms with Gasteiger partial charge in [-0.05, 0) is 18.3 Å². The van der Waals surface area contributed by atoms with Gasteiger partial charge in [0.2, 0.25) is 12.1 Å². The van der Waals surface area contributed by atoms with Crippen molar-refractivity contribution in [1.29, 1.82) is 0 Å². The third-order valence-electron chi connectivity index (χ3n) is 8.69. The molecule has 51 heavy (non-hydrogen) atoms. The Morgan fingerprint density at radius 2 is 1.22 bits per heavy atom. The molecule has 2 aliphatic rings. The lowest BCUT2D eigenvalue weighted by atomic mass is 9.97. The number of aliphatic hydroxyl groups excluding tert-OH is 4. The molecule has 4 N–H and O–H groups in total. The second-order valence-electron chi connectivity index (χ2n) is 14.3. The summed E-state index contributed by atoms with van der Waals surface area (Å²) in [6, 6.07) is 0. The predicted molar refractivity (Wildman–Crippen MR) is 181 cm³/mol. The smallest absolute Gasteiger partial charge is 0.306 e. The summed E-state index contributed by atoms with van der Waals surface area (Å²) in [7, 11) is 0. The molecule has 2 heterocycles. The number of hydrogen-bond donors (Lipinski definition) is 4. The van der Waals surface area contributed by atoms with Gasteiger partial charge in [-0.25, -0.2) is 0 Å². The van der Waals surface area contributed by atoms with Gasteiger partial charge in [-0.1, -0.05) is 86.0 Å². The number of esters is 4. The highest BCUT2D eigenvalue weighted by molar-refractivity contribution is 5.71. The molecular weight excluding hydrogens is 672 g/mol. The number of carbonyl (C=O) groups excluding carboxylic acids is 4. The third kappa shape index (κ3) is 14.2. The van der Waals surface area contributed by atoms with E-state index in [1.807, 2.05) is 0 Å². The summed E-state index contributed by atoms with van der Waals surface area (Å²) in [5, 5.41) is 41.9. The molecular formula is C36H62O15. The maximum atomic E-state index is 13.3. The Morgan fingerprint density at radius 3 is 1.73 bits per heavy atom. The van der Waals surface area contributed by atoms with Crippen molar-refractivity contribution in [1.82, 2.24) is 0 Å². The molecule has 9 atom stereocenters. The Balaban J connectivity index is 2.40. The van der Waals surface area contributed by atoms with E-state index in [2.05, 4.69) is 6.92 Å². The molecule has 0 aliphatic carbocycles. The summed E-state index contributed by atoms with van der Waals surface area (Å²) >= 11 is 0. The van der Waals surface area contributed by atoms with Gasteiger partial charge in [0.1, 0.15) is 24.9 Å². The molecule has 0 radical (unpaired) electrons. The normalized spacial score (nSPS) is 29.3. The van der Waals surface area contributed by atoms with Crippen LogP contribution in [0.3, 0.4) is 0 Å². The van der Waals surface area contributed by atoms with Crippen LogP contribution in [0.15, 0.2) is 0 Å². The van der Waals surface area contributed by atoms with Crippen LogP contribution in [0.4, 0.5) is 0 Å². The molecule has 15 nitrogen and oxygen atoms in total. The van der Waals surface area contributed by atoms with Gasteiger partial charge in [-0.15, -0.1) is 0 Å². The van der Waals surface area contributed by atoms with E-state index in [1.54, 1.807) is 27.7 Å². The van der Waals surface area contributed by atoms with Crippen LogP contribution in [0, 0.1) is 11.8 Å². The first-order valence-electron chi connectivity index (χ1n) is 18.5. The summed E-state index contributed by atoms with van der Waals surface area (Å²) in [6.07, 6.45) is -3.54. The Morgan fingerprint density at radius 1 is 0.686 bits per heavy atom. The van der Waals surface area contributed by atoms with Crippen molar-refractivity contribution in [3.05, 3.63) is 0 Å². The number of carbonyl (C=O) groups is 4. The van der Waals surface area contributed by atoms with Gasteiger partial charge in [-0.2, -0.15) is 0 Å². The lowest BCUT2D eigenvalue weighted by Gasteiger charge is -2.46. The zero-order valence-electron chi connectivity index (χ0n) is 31.2. The molecule has 296 valence electrons. The number of hydrogen-bond acceptors (Lipinski definition) is 15. The maximum absolute atomic E-state index is 13.3. The van der Waals surface area contributed by atoms with Crippen LogP contribution in [-0.4, -0.2) is 119 Å². The lowest BCUT2D eigenvalue weighted by molar-refractivity contribution is -0.384. The highest BCUT2D eigenvalue weighted by Gasteiger charge is 2.62. The minimum absolute atomic E-state index is 0.00387. The van der Waals surface area contributed by atoms with E-state index in [0.29, 0.717) is 6.42 Å². The highest BCUT2D eigenvalue weighted by Crippen LogP contribution is 2.39. The van der Waals surface area contributed by atoms with Crippen molar-refractivity contribution in [3.8, 4) is 0 Å². The summed E-state index contributed by atoms with van der Waals surface area (Å²) in [4.78, 5) is 51.4. The van der Waals surface area contributed by atoms with Crippen molar-refractivity contribution >= 4 is 23.9 Å². The molecule has 2 aliphatic heterocycles. The summed E-state index contributed by atoms with van der Waals surface area (Å²) < 4.78 is 40.4. The zero-order chi connectivity index (χ0) is 38.1. The van der Waals surface area contributed by atoms with Gasteiger partial charge in [-0.3, -0.25) is 19.2 Å². The number of ether oxygens (including phenoxy) is 7. The molecule has 2 saturated heterocycles. The average Bonchev–Trinajstić information content (AvgIpc) is 3.31. The molecule has 0 bridgehead atoms. The van der Waals surface area contributed by atoms with E-state index in [0.717, 1.165) is 32.6 Å².